The molecule has 5 nitrogen and oxygen atoms in total. The highest BCUT2D eigenvalue weighted by molar-refractivity contribution is 6.16. The van der Waals surface area contributed by atoms with Gasteiger partial charge in [0.15, 0.2) is 0 Å². The quantitative estimate of drug-likeness (QED) is 0.789. The highest BCUT2D eigenvalue weighted by Crippen LogP contribution is 2.36. The van der Waals surface area contributed by atoms with Crippen LogP contribution in [0.15, 0.2) is 0 Å². The molecule has 4 amide bonds. The molecule has 2 aliphatic rings. The van der Waals surface area contributed by atoms with Crippen LogP contribution in [0.25, 0.3) is 0 Å². The number of hydrogen-bond donors (Lipinski definition) is 1. The number of urea groups is 1. The second-order valence-electron chi connectivity index (χ2n) is 7.07. The van der Waals surface area contributed by atoms with Gasteiger partial charge in [-0.3, -0.25) is 19.8 Å². The van der Waals surface area contributed by atoms with E-state index in [1.807, 2.05) is 27.7 Å². The van der Waals surface area contributed by atoms with Gasteiger partial charge in [-0.25, -0.2) is 4.79 Å². The average Bonchev–Trinajstić information content (AvgIpc) is 2.80. The Morgan fingerprint density at radius 2 is 1.70 bits per heavy atom. The lowest BCUT2D eigenvalue weighted by Crippen LogP contribution is -2.63. The largest absolute Gasteiger partial charge is 0.331 e. The molecule has 1 N–H and O–H groups in total. The predicted octanol–water partition coefficient (Wildman–Crippen LogP) is 2.31. The standard InChI is InChI=1S/C15H24N2O3/c1-9(15(2,3)4)17-13(19)11(10-7-5-6-8-10)12(18)16-14(17)20/h9-11H,5-8H2,1-4H3,(H,16,18,20). The molecule has 2 fully saturated rings. The molecule has 0 aromatic heterocycles. The zero-order chi connectivity index (χ0) is 15.1. The van der Waals surface area contributed by atoms with E-state index >= 15 is 0 Å². The second-order valence-corrected chi connectivity index (χ2v) is 7.07. The Bertz CT molecular complexity index is 433. The maximum absolute atomic E-state index is 12.7. The summed E-state index contributed by atoms with van der Waals surface area (Å²) in [5.41, 5.74) is -0.215. The fourth-order valence-corrected chi connectivity index (χ4v) is 3.07. The minimum absolute atomic E-state index is 0.0882. The van der Waals surface area contributed by atoms with Gasteiger partial charge in [-0.05, 0) is 31.1 Å². The van der Waals surface area contributed by atoms with E-state index in [4.69, 9.17) is 0 Å². The van der Waals surface area contributed by atoms with Crippen LogP contribution < -0.4 is 5.32 Å². The van der Waals surface area contributed by atoms with E-state index in [1.165, 1.54) is 4.90 Å². The third kappa shape index (κ3) is 2.58. The number of carbonyl (C=O) groups is 3. The highest BCUT2D eigenvalue weighted by Gasteiger charge is 2.48. The number of amides is 4. The first-order valence-electron chi connectivity index (χ1n) is 7.41. The molecule has 0 aromatic carbocycles. The lowest BCUT2D eigenvalue weighted by molar-refractivity contribution is -0.147. The molecule has 0 radical (unpaired) electrons. The number of nitrogens with one attached hydrogen (secondary N) is 1. The molecule has 2 rings (SSSR count). The third-order valence-electron chi connectivity index (χ3n) is 4.75. The number of nitrogens with zero attached hydrogens (tertiary/aromatic N) is 1. The molecule has 0 bridgehead atoms. The van der Waals surface area contributed by atoms with Crippen LogP contribution in [-0.2, 0) is 9.59 Å². The molecule has 0 spiro atoms. The number of hydrogen-bond acceptors (Lipinski definition) is 3. The van der Waals surface area contributed by atoms with Crippen molar-refractivity contribution in [2.45, 2.75) is 59.4 Å². The topological polar surface area (TPSA) is 66.5 Å². The van der Waals surface area contributed by atoms with Crippen molar-refractivity contribution in [3.05, 3.63) is 0 Å². The first-order valence-corrected chi connectivity index (χ1v) is 7.41. The van der Waals surface area contributed by atoms with E-state index in [9.17, 15) is 14.4 Å². The van der Waals surface area contributed by atoms with Crippen molar-refractivity contribution in [1.29, 1.82) is 0 Å². The molecule has 2 unspecified atom stereocenters. The Hall–Kier alpha value is -1.39. The molecule has 1 heterocycles. The van der Waals surface area contributed by atoms with Crippen LogP contribution in [0, 0.1) is 17.3 Å². The second kappa shape index (κ2) is 5.19. The van der Waals surface area contributed by atoms with E-state index in [2.05, 4.69) is 5.32 Å². The van der Waals surface area contributed by atoms with Gasteiger partial charge in [-0.2, -0.15) is 0 Å². The van der Waals surface area contributed by atoms with Crippen LogP contribution in [0.3, 0.4) is 0 Å². The van der Waals surface area contributed by atoms with Crippen molar-refractivity contribution >= 4 is 17.8 Å². The Morgan fingerprint density at radius 1 is 1.15 bits per heavy atom. The van der Waals surface area contributed by atoms with Gasteiger partial charge in [0, 0.05) is 6.04 Å². The lowest BCUT2D eigenvalue weighted by Gasteiger charge is -2.41. The van der Waals surface area contributed by atoms with Crippen LogP contribution in [0.2, 0.25) is 0 Å². The minimum Gasteiger partial charge on any atom is -0.277 e. The summed E-state index contributed by atoms with van der Waals surface area (Å²) in [5, 5.41) is 2.37. The number of carbonyl (C=O) groups excluding carboxylic acids is 3. The summed E-state index contributed by atoms with van der Waals surface area (Å²) in [4.78, 5) is 38.0. The Kier molecular flexibility index (Phi) is 3.89. The fourth-order valence-electron chi connectivity index (χ4n) is 3.07. The van der Waals surface area contributed by atoms with E-state index in [-0.39, 0.29) is 23.3 Å². The fraction of sp³-hybridized carbons (Fsp3) is 0.800. The molecule has 0 aromatic rings. The molecule has 112 valence electrons. The van der Waals surface area contributed by atoms with Crippen molar-refractivity contribution in [3.8, 4) is 0 Å². The molecule has 1 aliphatic carbocycles. The molecule has 1 saturated carbocycles. The van der Waals surface area contributed by atoms with Crippen molar-refractivity contribution in [2.24, 2.45) is 17.3 Å². The van der Waals surface area contributed by atoms with Crippen molar-refractivity contribution in [2.75, 3.05) is 0 Å². The van der Waals surface area contributed by atoms with Crippen molar-refractivity contribution in [1.82, 2.24) is 10.2 Å². The summed E-state index contributed by atoms with van der Waals surface area (Å²) < 4.78 is 0. The summed E-state index contributed by atoms with van der Waals surface area (Å²) >= 11 is 0. The third-order valence-corrected chi connectivity index (χ3v) is 4.75. The molecule has 2 atom stereocenters. The first-order chi connectivity index (χ1) is 9.23. The summed E-state index contributed by atoms with van der Waals surface area (Å²) in [6, 6.07) is -0.816. The molecule has 1 saturated heterocycles. The van der Waals surface area contributed by atoms with Crippen molar-refractivity contribution in [3.63, 3.8) is 0 Å². The molecule has 5 heteroatoms. The maximum atomic E-state index is 12.7. The summed E-state index contributed by atoms with van der Waals surface area (Å²) in [5.74, 6) is -1.32. The van der Waals surface area contributed by atoms with Gasteiger partial charge in [0.1, 0.15) is 5.92 Å². The molecular weight excluding hydrogens is 256 g/mol. The zero-order valence-electron chi connectivity index (χ0n) is 12.7. The molecule has 1 aliphatic heterocycles. The Labute approximate surface area is 120 Å². The highest BCUT2D eigenvalue weighted by atomic mass is 16.2. The summed E-state index contributed by atoms with van der Waals surface area (Å²) in [6.07, 6.45) is 3.92. The number of imide groups is 2. The van der Waals surface area contributed by atoms with Gasteiger partial charge in [0.25, 0.3) is 0 Å². The Morgan fingerprint density at radius 3 is 2.20 bits per heavy atom. The number of rotatable bonds is 2. The van der Waals surface area contributed by atoms with Crippen molar-refractivity contribution < 1.29 is 14.4 Å². The van der Waals surface area contributed by atoms with Gasteiger partial charge < -0.3 is 0 Å². The monoisotopic (exact) mass is 280 g/mol. The van der Waals surface area contributed by atoms with Gasteiger partial charge in [-0.1, -0.05) is 33.6 Å². The zero-order valence-corrected chi connectivity index (χ0v) is 12.7. The maximum Gasteiger partial charge on any atom is 0.331 e. The van der Waals surface area contributed by atoms with Gasteiger partial charge in [0.05, 0.1) is 0 Å². The van der Waals surface area contributed by atoms with E-state index in [0.717, 1.165) is 25.7 Å². The van der Waals surface area contributed by atoms with Crippen LogP contribution in [-0.4, -0.2) is 28.8 Å². The van der Waals surface area contributed by atoms with Gasteiger partial charge in [-0.15, -0.1) is 0 Å². The Balaban J connectivity index is 2.26. The first kappa shape index (κ1) is 15.0. The summed E-state index contributed by atoms with van der Waals surface area (Å²) in [6.45, 7) is 7.82. The van der Waals surface area contributed by atoms with Gasteiger partial charge in [0.2, 0.25) is 11.8 Å². The normalized spacial score (nSPS) is 26.9. The van der Waals surface area contributed by atoms with E-state index < -0.39 is 17.9 Å². The molecule has 20 heavy (non-hydrogen) atoms. The SMILES string of the molecule is CC(N1C(=O)NC(=O)C(C2CCCC2)C1=O)C(C)(C)C. The van der Waals surface area contributed by atoms with E-state index in [0.29, 0.717) is 0 Å². The lowest BCUT2D eigenvalue weighted by atomic mass is 9.83. The van der Waals surface area contributed by atoms with Crippen LogP contribution >= 0.6 is 0 Å². The van der Waals surface area contributed by atoms with Crippen LogP contribution in [0.4, 0.5) is 4.79 Å². The smallest absolute Gasteiger partial charge is 0.277 e. The average molecular weight is 280 g/mol. The number of barbiturate groups is 1. The predicted molar refractivity (Wildman–Crippen MR) is 74.7 cm³/mol. The minimum atomic E-state index is -0.681. The molecular formula is C15H24N2O3. The van der Waals surface area contributed by atoms with Crippen LogP contribution in [0.1, 0.15) is 53.4 Å². The van der Waals surface area contributed by atoms with Crippen LogP contribution in [0.5, 0.6) is 0 Å². The summed E-state index contributed by atoms with van der Waals surface area (Å²) in [7, 11) is 0. The van der Waals surface area contributed by atoms with Gasteiger partial charge >= 0.3 is 6.03 Å². The van der Waals surface area contributed by atoms with E-state index in [1.54, 1.807) is 0 Å².